The number of rotatable bonds is 6. The molecule has 0 aliphatic carbocycles. The standard InChI is InChI=1S/C21H18ClN3O2/c1-15-13-18(22)7-8-19(15)27-14-20(26)24-25-21(16-5-3-2-4-6-16)17-9-11-23-12-10-17/h2-13H,14H2,1H3,(H,24,26). The topological polar surface area (TPSA) is 63.6 Å². The molecule has 3 rings (SSSR count). The molecule has 1 aromatic heterocycles. The van der Waals surface area contributed by atoms with Crippen molar-refractivity contribution in [2.45, 2.75) is 6.92 Å². The minimum Gasteiger partial charge on any atom is -0.483 e. The summed E-state index contributed by atoms with van der Waals surface area (Å²) in [6, 6.07) is 18.5. The van der Waals surface area contributed by atoms with Crippen LogP contribution in [-0.4, -0.2) is 23.2 Å². The van der Waals surface area contributed by atoms with Gasteiger partial charge in [0, 0.05) is 28.5 Å². The van der Waals surface area contributed by atoms with Gasteiger partial charge >= 0.3 is 0 Å². The number of benzene rings is 2. The van der Waals surface area contributed by atoms with E-state index in [1.165, 1.54) is 0 Å². The number of ether oxygens (including phenoxy) is 1. The van der Waals surface area contributed by atoms with Crippen LogP contribution in [0.3, 0.4) is 0 Å². The molecule has 1 N–H and O–H groups in total. The molecular weight excluding hydrogens is 362 g/mol. The van der Waals surface area contributed by atoms with Crippen molar-refractivity contribution < 1.29 is 9.53 Å². The SMILES string of the molecule is Cc1cc(Cl)ccc1OCC(=O)NN=C(c1ccccc1)c1ccncc1. The molecule has 5 nitrogen and oxygen atoms in total. The molecule has 0 aliphatic rings. The molecule has 6 heteroatoms. The van der Waals surface area contributed by atoms with Crippen molar-refractivity contribution in [1.82, 2.24) is 10.4 Å². The number of hydrogen-bond acceptors (Lipinski definition) is 4. The highest BCUT2D eigenvalue weighted by molar-refractivity contribution is 6.30. The lowest BCUT2D eigenvalue weighted by atomic mass is 10.0. The zero-order valence-electron chi connectivity index (χ0n) is 14.7. The predicted octanol–water partition coefficient (Wildman–Crippen LogP) is 3.99. The van der Waals surface area contributed by atoms with Crippen LogP contribution in [0.25, 0.3) is 0 Å². The molecule has 1 heterocycles. The summed E-state index contributed by atoms with van der Waals surface area (Å²) in [4.78, 5) is 16.2. The fourth-order valence-electron chi connectivity index (χ4n) is 2.47. The van der Waals surface area contributed by atoms with Crippen molar-refractivity contribution >= 4 is 23.2 Å². The Bertz CT molecular complexity index is 903. The van der Waals surface area contributed by atoms with Crippen LogP contribution < -0.4 is 10.2 Å². The Morgan fingerprint density at radius 1 is 1.07 bits per heavy atom. The van der Waals surface area contributed by atoms with Crippen LogP contribution in [0.1, 0.15) is 16.7 Å². The Balaban J connectivity index is 1.71. The Labute approximate surface area is 162 Å². The van der Waals surface area contributed by atoms with Crippen LogP contribution in [0.15, 0.2) is 78.2 Å². The molecule has 0 atom stereocenters. The van der Waals surface area contributed by atoms with Gasteiger partial charge in [-0.2, -0.15) is 5.10 Å². The normalized spacial score (nSPS) is 11.1. The van der Waals surface area contributed by atoms with Gasteiger partial charge in [0.15, 0.2) is 6.61 Å². The maximum atomic E-state index is 12.2. The van der Waals surface area contributed by atoms with Gasteiger partial charge in [0.05, 0.1) is 5.71 Å². The molecule has 136 valence electrons. The number of aromatic nitrogens is 1. The number of pyridine rings is 1. The minimum absolute atomic E-state index is 0.148. The molecule has 0 fully saturated rings. The summed E-state index contributed by atoms with van der Waals surface area (Å²) in [5, 5.41) is 4.93. The second-order valence-corrected chi connectivity index (χ2v) is 6.23. The van der Waals surface area contributed by atoms with E-state index in [1.54, 1.807) is 30.6 Å². The lowest BCUT2D eigenvalue weighted by molar-refractivity contribution is -0.123. The van der Waals surface area contributed by atoms with Crippen molar-refractivity contribution in [2.75, 3.05) is 6.61 Å². The number of carbonyl (C=O) groups is 1. The summed E-state index contributed by atoms with van der Waals surface area (Å²) in [5.41, 5.74) is 5.81. The van der Waals surface area contributed by atoms with Crippen molar-refractivity contribution in [2.24, 2.45) is 5.10 Å². The number of halogens is 1. The summed E-state index contributed by atoms with van der Waals surface area (Å²) in [6.07, 6.45) is 3.37. The molecule has 0 saturated carbocycles. The van der Waals surface area contributed by atoms with Crippen molar-refractivity contribution in [3.05, 3.63) is 94.8 Å². The van der Waals surface area contributed by atoms with Gasteiger partial charge in [0.2, 0.25) is 0 Å². The molecule has 0 aliphatic heterocycles. The molecule has 1 amide bonds. The highest BCUT2D eigenvalue weighted by Gasteiger charge is 2.09. The highest BCUT2D eigenvalue weighted by atomic mass is 35.5. The maximum Gasteiger partial charge on any atom is 0.277 e. The van der Waals surface area contributed by atoms with Crippen molar-refractivity contribution in [3.8, 4) is 5.75 Å². The van der Waals surface area contributed by atoms with Gasteiger partial charge in [-0.25, -0.2) is 5.43 Å². The Kier molecular flexibility index (Phi) is 6.18. The zero-order chi connectivity index (χ0) is 19.1. The number of carbonyl (C=O) groups excluding carboxylic acids is 1. The zero-order valence-corrected chi connectivity index (χ0v) is 15.5. The number of hydrazone groups is 1. The summed E-state index contributed by atoms with van der Waals surface area (Å²) >= 11 is 5.92. The van der Waals surface area contributed by atoms with Gasteiger partial charge in [-0.3, -0.25) is 9.78 Å². The molecular formula is C21H18ClN3O2. The number of amides is 1. The van der Waals surface area contributed by atoms with Gasteiger partial charge in [0.25, 0.3) is 5.91 Å². The van der Waals surface area contributed by atoms with E-state index in [2.05, 4.69) is 15.5 Å². The largest absolute Gasteiger partial charge is 0.483 e. The van der Waals surface area contributed by atoms with Crippen LogP contribution in [0, 0.1) is 6.92 Å². The molecule has 0 radical (unpaired) electrons. The van der Waals surface area contributed by atoms with Crippen molar-refractivity contribution in [1.29, 1.82) is 0 Å². The van der Waals surface area contributed by atoms with Gasteiger partial charge < -0.3 is 4.74 Å². The number of nitrogens with one attached hydrogen (secondary N) is 1. The predicted molar refractivity (Wildman–Crippen MR) is 106 cm³/mol. The van der Waals surface area contributed by atoms with E-state index in [0.717, 1.165) is 16.7 Å². The van der Waals surface area contributed by atoms with E-state index in [-0.39, 0.29) is 12.5 Å². The van der Waals surface area contributed by atoms with Gasteiger partial charge in [-0.05, 0) is 42.8 Å². The van der Waals surface area contributed by atoms with Crippen LogP contribution in [-0.2, 0) is 4.79 Å². The average Bonchev–Trinajstić information content (AvgIpc) is 2.69. The fourth-order valence-corrected chi connectivity index (χ4v) is 2.70. The summed E-state index contributed by atoms with van der Waals surface area (Å²) < 4.78 is 5.55. The van der Waals surface area contributed by atoms with E-state index in [9.17, 15) is 4.79 Å². The van der Waals surface area contributed by atoms with E-state index in [0.29, 0.717) is 16.5 Å². The first-order chi connectivity index (χ1) is 13.1. The van der Waals surface area contributed by atoms with E-state index < -0.39 is 0 Å². The maximum absolute atomic E-state index is 12.2. The van der Waals surface area contributed by atoms with Crippen molar-refractivity contribution in [3.63, 3.8) is 0 Å². The van der Waals surface area contributed by atoms with Crippen LogP contribution >= 0.6 is 11.6 Å². The number of aryl methyl sites for hydroxylation is 1. The molecule has 0 unspecified atom stereocenters. The van der Waals surface area contributed by atoms with Crippen LogP contribution in [0.4, 0.5) is 0 Å². The molecule has 2 aromatic carbocycles. The first-order valence-electron chi connectivity index (χ1n) is 8.35. The Hall–Kier alpha value is -3.18. The van der Waals surface area contributed by atoms with E-state index in [4.69, 9.17) is 16.3 Å². The number of nitrogens with zero attached hydrogens (tertiary/aromatic N) is 2. The quantitative estimate of drug-likeness (QED) is 0.520. The second-order valence-electron chi connectivity index (χ2n) is 5.80. The third-order valence-electron chi connectivity index (χ3n) is 3.79. The molecule has 27 heavy (non-hydrogen) atoms. The van der Waals surface area contributed by atoms with Crippen LogP contribution in [0.5, 0.6) is 5.75 Å². The summed E-state index contributed by atoms with van der Waals surface area (Å²) in [6.45, 7) is 1.72. The fraction of sp³-hybridized carbons (Fsp3) is 0.0952. The molecule has 0 spiro atoms. The Morgan fingerprint density at radius 3 is 2.48 bits per heavy atom. The Morgan fingerprint density at radius 2 is 1.78 bits per heavy atom. The van der Waals surface area contributed by atoms with Gasteiger partial charge in [0.1, 0.15) is 5.75 Å². The third kappa shape index (κ3) is 5.15. The summed E-state index contributed by atoms with van der Waals surface area (Å²) in [7, 11) is 0. The first kappa shape index (κ1) is 18.6. The average molecular weight is 380 g/mol. The number of hydrogen-bond donors (Lipinski definition) is 1. The lowest BCUT2D eigenvalue weighted by Gasteiger charge is -2.10. The lowest BCUT2D eigenvalue weighted by Crippen LogP contribution is -2.26. The first-order valence-corrected chi connectivity index (χ1v) is 8.72. The minimum atomic E-state index is -0.355. The summed E-state index contributed by atoms with van der Waals surface area (Å²) in [5.74, 6) is 0.253. The molecule has 3 aromatic rings. The smallest absolute Gasteiger partial charge is 0.277 e. The highest BCUT2D eigenvalue weighted by Crippen LogP contribution is 2.21. The van der Waals surface area contributed by atoms with Crippen LogP contribution in [0.2, 0.25) is 5.02 Å². The second kappa shape index (κ2) is 8.96. The third-order valence-corrected chi connectivity index (χ3v) is 4.02. The molecule has 0 saturated heterocycles. The van der Waals surface area contributed by atoms with Gasteiger partial charge in [-0.1, -0.05) is 41.9 Å². The van der Waals surface area contributed by atoms with E-state index in [1.807, 2.05) is 49.4 Å². The monoisotopic (exact) mass is 379 g/mol. The van der Waals surface area contributed by atoms with Gasteiger partial charge in [-0.15, -0.1) is 0 Å². The molecule has 0 bridgehead atoms. The van der Waals surface area contributed by atoms with E-state index >= 15 is 0 Å².